The van der Waals surface area contributed by atoms with Gasteiger partial charge in [-0.05, 0) is 12.1 Å². The molecule has 0 saturated heterocycles. The van der Waals surface area contributed by atoms with E-state index in [1.807, 2.05) is 0 Å². The molecule has 0 atom stereocenters. The minimum absolute atomic E-state index is 0. The average Bonchev–Trinajstić information content (AvgIpc) is 2.12. The molecular weight excluding hydrogens is 147 g/mol. The second kappa shape index (κ2) is 4.24. The first-order chi connectivity index (χ1) is 3.80. The van der Waals surface area contributed by atoms with Crippen molar-refractivity contribution in [1.29, 1.82) is 0 Å². The van der Waals surface area contributed by atoms with Crippen LogP contribution in [0.3, 0.4) is 0 Å². The Labute approximate surface area is 94.5 Å². The van der Waals surface area contributed by atoms with Crippen LogP contribution in [0.5, 0.6) is 0 Å². The second-order valence-corrected chi connectivity index (χ2v) is 1.28. The second-order valence-electron chi connectivity index (χ2n) is 1.28. The van der Waals surface area contributed by atoms with E-state index in [0.717, 1.165) is 0 Å². The van der Waals surface area contributed by atoms with Crippen molar-refractivity contribution >= 4 is 57.4 Å². The molecule has 0 saturated carbocycles. The molecule has 0 aromatic carbocycles. The summed E-state index contributed by atoms with van der Waals surface area (Å²) < 4.78 is 4.50. The molecule has 1 heterocycles. The number of rotatable bonds is 1. The molecule has 0 unspecified atom stereocenters. The van der Waals surface area contributed by atoms with E-state index in [2.05, 4.69) is 4.42 Å². The topological polar surface area (TPSA) is 50.4 Å². The van der Waals surface area contributed by atoms with Crippen LogP contribution in [0.2, 0.25) is 0 Å². The molecule has 0 amide bonds. The van der Waals surface area contributed by atoms with Crippen LogP contribution >= 0.6 is 0 Å². The van der Waals surface area contributed by atoms with Gasteiger partial charge in [-0.15, -0.1) is 0 Å². The number of aromatic carboxylic acids is 1. The maximum atomic E-state index is 9.97. The molecule has 0 fully saturated rings. The molecular formula is C5H5KO3. The Bertz CT molecular complexity index is 180. The average molecular weight is 152 g/mol. The molecule has 0 radical (unpaired) electrons. The molecule has 9 heavy (non-hydrogen) atoms. The Kier molecular flexibility index (Phi) is 4.42. The van der Waals surface area contributed by atoms with Crippen LogP contribution in [0.1, 0.15) is 10.6 Å². The monoisotopic (exact) mass is 152 g/mol. The van der Waals surface area contributed by atoms with Gasteiger partial charge in [0.2, 0.25) is 5.76 Å². The van der Waals surface area contributed by atoms with Crippen molar-refractivity contribution in [3.05, 3.63) is 24.2 Å². The standard InChI is InChI=1S/C5H4O3.K.H/c6-5(7)4-2-1-3-8-4;;/h1-3H,(H,6,7);;. The van der Waals surface area contributed by atoms with E-state index in [1.165, 1.54) is 18.4 Å². The van der Waals surface area contributed by atoms with Crippen molar-refractivity contribution < 1.29 is 14.3 Å². The number of carbonyl (C=O) groups is 1. The molecule has 44 valence electrons. The predicted octanol–water partition coefficient (Wildman–Crippen LogP) is 0.329. The summed E-state index contributed by atoms with van der Waals surface area (Å²) in [6.45, 7) is 0. The maximum absolute atomic E-state index is 9.97. The van der Waals surface area contributed by atoms with Gasteiger partial charge in [0.15, 0.2) is 0 Å². The van der Waals surface area contributed by atoms with Crippen molar-refractivity contribution in [2.45, 2.75) is 0 Å². The third kappa shape index (κ3) is 2.64. The van der Waals surface area contributed by atoms with Crippen LogP contribution in [-0.2, 0) is 0 Å². The zero-order valence-electron chi connectivity index (χ0n) is 4.00. The molecule has 3 nitrogen and oxygen atoms in total. The number of hydrogen-bond acceptors (Lipinski definition) is 2. The molecule has 0 bridgehead atoms. The van der Waals surface area contributed by atoms with Crippen molar-refractivity contribution in [1.82, 2.24) is 0 Å². The van der Waals surface area contributed by atoms with E-state index in [9.17, 15) is 4.79 Å². The van der Waals surface area contributed by atoms with E-state index in [-0.39, 0.29) is 57.1 Å². The molecule has 1 aromatic heterocycles. The van der Waals surface area contributed by atoms with E-state index < -0.39 is 5.97 Å². The van der Waals surface area contributed by atoms with Gasteiger partial charge < -0.3 is 9.52 Å². The Balaban J connectivity index is 0.000000640. The molecule has 1 aromatic rings. The molecule has 1 rings (SSSR count). The normalized spacial score (nSPS) is 8.00. The third-order valence-electron chi connectivity index (χ3n) is 0.732. The van der Waals surface area contributed by atoms with Gasteiger partial charge in [-0.1, -0.05) is 0 Å². The SMILES string of the molecule is O=C(O)c1ccco1.[KH]. The summed E-state index contributed by atoms with van der Waals surface area (Å²) >= 11 is 0. The van der Waals surface area contributed by atoms with Crippen molar-refractivity contribution in [2.75, 3.05) is 0 Å². The van der Waals surface area contributed by atoms with Gasteiger partial charge in [-0.2, -0.15) is 0 Å². The van der Waals surface area contributed by atoms with Crippen molar-refractivity contribution in [3.63, 3.8) is 0 Å². The van der Waals surface area contributed by atoms with Crippen LogP contribution in [0.25, 0.3) is 0 Å². The quantitative estimate of drug-likeness (QED) is 0.590. The first-order valence-electron chi connectivity index (χ1n) is 2.07. The van der Waals surface area contributed by atoms with Gasteiger partial charge in [0, 0.05) is 0 Å². The van der Waals surface area contributed by atoms with Crippen LogP contribution in [0.15, 0.2) is 22.8 Å². The van der Waals surface area contributed by atoms with Crippen LogP contribution < -0.4 is 0 Å². The number of furan rings is 1. The van der Waals surface area contributed by atoms with Gasteiger partial charge >= 0.3 is 57.4 Å². The van der Waals surface area contributed by atoms with E-state index >= 15 is 0 Å². The molecule has 4 heteroatoms. The minimum atomic E-state index is -1.03. The summed E-state index contributed by atoms with van der Waals surface area (Å²) in [7, 11) is 0. The summed E-state index contributed by atoms with van der Waals surface area (Å²) in [4.78, 5) is 9.97. The van der Waals surface area contributed by atoms with Crippen LogP contribution in [-0.4, -0.2) is 62.5 Å². The first kappa shape index (κ1) is 9.39. The molecule has 0 aliphatic rings. The fourth-order valence-corrected chi connectivity index (χ4v) is 0.400. The molecule has 1 N–H and O–H groups in total. The van der Waals surface area contributed by atoms with Gasteiger partial charge in [0.1, 0.15) is 0 Å². The van der Waals surface area contributed by atoms with Gasteiger partial charge in [-0.25, -0.2) is 4.79 Å². The molecule has 0 spiro atoms. The predicted molar refractivity (Wildman–Crippen MR) is 32.8 cm³/mol. The summed E-state index contributed by atoms with van der Waals surface area (Å²) in [6.07, 6.45) is 1.32. The molecule has 0 aliphatic heterocycles. The Hall–Kier alpha value is 0.386. The van der Waals surface area contributed by atoms with E-state index in [4.69, 9.17) is 5.11 Å². The summed E-state index contributed by atoms with van der Waals surface area (Å²) in [5.74, 6) is -1.06. The first-order valence-corrected chi connectivity index (χ1v) is 2.07. The summed E-state index contributed by atoms with van der Waals surface area (Å²) in [6, 6.07) is 2.92. The van der Waals surface area contributed by atoms with Gasteiger partial charge in [0.25, 0.3) is 0 Å². The van der Waals surface area contributed by atoms with E-state index in [0.29, 0.717) is 0 Å². The number of carboxylic acids is 1. The Morgan fingerprint density at radius 1 is 1.67 bits per heavy atom. The van der Waals surface area contributed by atoms with Gasteiger partial charge in [-0.3, -0.25) is 0 Å². The molecule has 0 aliphatic carbocycles. The van der Waals surface area contributed by atoms with Crippen molar-refractivity contribution in [2.24, 2.45) is 0 Å². The number of hydrogen-bond donors (Lipinski definition) is 1. The van der Waals surface area contributed by atoms with Gasteiger partial charge in [0.05, 0.1) is 6.26 Å². The zero-order chi connectivity index (χ0) is 5.98. The fourth-order valence-electron chi connectivity index (χ4n) is 0.400. The number of carboxylic acid groups (broad SMARTS) is 1. The zero-order valence-corrected chi connectivity index (χ0v) is 4.00. The van der Waals surface area contributed by atoms with Crippen LogP contribution in [0, 0.1) is 0 Å². The Morgan fingerprint density at radius 2 is 2.33 bits per heavy atom. The Morgan fingerprint density at radius 3 is 2.56 bits per heavy atom. The van der Waals surface area contributed by atoms with Crippen molar-refractivity contribution in [3.8, 4) is 0 Å². The summed E-state index contributed by atoms with van der Waals surface area (Å²) in [5, 5.41) is 8.18. The van der Waals surface area contributed by atoms with E-state index in [1.54, 1.807) is 0 Å². The summed E-state index contributed by atoms with van der Waals surface area (Å²) in [5.41, 5.74) is 0. The third-order valence-corrected chi connectivity index (χ3v) is 0.732. The van der Waals surface area contributed by atoms with Crippen LogP contribution in [0.4, 0.5) is 0 Å². The fraction of sp³-hybridized carbons (Fsp3) is 0.